The van der Waals surface area contributed by atoms with Crippen LogP contribution in [-0.2, 0) is 6.42 Å². The fourth-order valence-corrected chi connectivity index (χ4v) is 1.68. The average molecular weight is 263 g/mol. The summed E-state index contributed by atoms with van der Waals surface area (Å²) in [4.78, 5) is 0. The number of benzene rings is 1. The standard InChI is InChI=1S/C10H9BrF2O/c11-7-2-1-6(8(12)9(7)13)5-10(14)3-4-10/h1-2,14H,3-5H2. The lowest BCUT2D eigenvalue weighted by Crippen LogP contribution is -2.12. The zero-order valence-electron chi connectivity index (χ0n) is 7.36. The Kier molecular flexibility index (Phi) is 2.35. The zero-order valence-corrected chi connectivity index (χ0v) is 8.94. The highest BCUT2D eigenvalue weighted by Gasteiger charge is 2.41. The molecule has 0 bridgehead atoms. The van der Waals surface area contributed by atoms with E-state index in [1.165, 1.54) is 12.1 Å². The molecule has 14 heavy (non-hydrogen) atoms. The van der Waals surface area contributed by atoms with E-state index in [-0.39, 0.29) is 16.5 Å². The lowest BCUT2D eigenvalue weighted by atomic mass is 10.1. The van der Waals surface area contributed by atoms with Crippen molar-refractivity contribution in [3.8, 4) is 0 Å². The first-order valence-corrected chi connectivity index (χ1v) is 5.16. The maximum Gasteiger partial charge on any atom is 0.173 e. The molecule has 0 aliphatic heterocycles. The van der Waals surface area contributed by atoms with Gasteiger partial charge in [-0.2, -0.15) is 0 Å². The van der Waals surface area contributed by atoms with E-state index in [0.29, 0.717) is 12.8 Å². The normalized spacial score (nSPS) is 18.3. The van der Waals surface area contributed by atoms with Crippen molar-refractivity contribution in [2.75, 3.05) is 0 Å². The van der Waals surface area contributed by atoms with Crippen molar-refractivity contribution in [2.45, 2.75) is 24.9 Å². The van der Waals surface area contributed by atoms with Crippen molar-refractivity contribution < 1.29 is 13.9 Å². The predicted molar refractivity (Wildman–Crippen MR) is 51.9 cm³/mol. The molecule has 0 aromatic heterocycles. The van der Waals surface area contributed by atoms with Gasteiger partial charge in [-0.25, -0.2) is 8.78 Å². The summed E-state index contributed by atoms with van der Waals surface area (Å²) in [6, 6.07) is 2.96. The second-order valence-corrected chi connectivity index (χ2v) is 4.59. The van der Waals surface area contributed by atoms with E-state index in [1.807, 2.05) is 0 Å². The second kappa shape index (κ2) is 3.28. The quantitative estimate of drug-likeness (QED) is 0.813. The Balaban J connectivity index is 2.30. The third-order valence-corrected chi connectivity index (χ3v) is 3.07. The summed E-state index contributed by atoms with van der Waals surface area (Å²) in [5.74, 6) is -1.74. The lowest BCUT2D eigenvalue weighted by Gasteiger charge is -2.09. The van der Waals surface area contributed by atoms with Crippen LogP contribution in [0.15, 0.2) is 16.6 Å². The molecule has 0 radical (unpaired) electrons. The van der Waals surface area contributed by atoms with E-state index in [9.17, 15) is 13.9 Å². The third kappa shape index (κ3) is 1.81. The monoisotopic (exact) mass is 262 g/mol. The molecular weight excluding hydrogens is 254 g/mol. The number of rotatable bonds is 2. The Morgan fingerprint density at radius 2 is 1.93 bits per heavy atom. The average Bonchev–Trinajstić information content (AvgIpc) is 2.86. The van der Waals surface area contributed by atoms with Crippen LogP contribution in [0.1, 0.15) is 18.4 Å². The van der Waals surface area contributed by atoms with Crippen LogP contribution in [0, 0.1) is 11.6 Å². The molecule has 1 nitrogen and oxygen atoms in total. The molecule has 0 atom stereocenters. The summed E-state index contributed by atoms with van der Waals surface area (Å²) in [7, 11) is 0. The maximum absolute atomic E-state index is 13.3. The van der Waals surface area contributed by atoms with E-state index in [1.54, 1.807) is 0 Å². The number of halogens is 3. The van der Waals surface area contributed by atoms with Crippen LogP contribution in [0.25, 0.3) is 0 Å². The Hall–Kier alpha value is -0.480. The Morgan fingerprint density at radius 1 is 1.29 bits per heavy atom. The van der Waals surface area contributed by atoms with Gasteiger partial charge in [0.15, 0.2) is 11.6 Å². The Labute approximate surface area is 88.9 Å². The van der Waals surface area contributed by atoms with Gasteiger partial charge >= 0.3 is 0 Å². The van der Waals surface area contributed by atoms with Gasteiger partial charge in [-0.05, 0) is 40.4 Å². The molecule has 2 rings (SSSR count). The van der Waals surface area contributed by atoms with Gasteiger partial charge in [0.2, 0.25) is 0 Å². The first-order chi connectivity index (χ1) is 6.52. The predicted octanol–water partition coefficient (Wildman–Crippen LogP) is 2.79. The molecule has 1 fully saturated rings. The number of hydrogen-bond acceptors (Lipinski definition) is 1. The van der Waals surface area contributed by atoms with Crippen LogP contribution in [0.4, 0.5) is 8.78 Å². The summed E-state index contributed by atoms with van der Waals surface area (Å²) in [5, 5.41) is 9.57. The molecule has 1 saturated carbocycles. The molecule has 1 aliphatic rings. The van der Waals surface area contributed by atoms with E-state index in [2.05, 4.69) is 15.9 Å². The molecule has 76 valence electrons. The fourth-order valence-electron chi connectivity index (χ4n) is 1.38. The number of hydrogen-bond donors (Lipinski definition) is 1. The minimum atomic E-state index is -0.883. The summed E-state index contributed by atoms with van der Waals surface area (Å²) in [6.45, 7) is 0. The van der Waals surface area contributed by atoms with Gasteiger partial charge in [0.05, 0.1) is 10.1 Å². The first-order valence-electron chi connectivity index (χ1n) is 4.37. The molecule has 1 N–H and O–H groups in total. The van der Waals surface area contributed by atoms with Crippen molar-refractivity contribution in [2.24, 2.45) is 0 Å². The second-order valence-electron chi connectivity index (χ2n) is 3.74. The maximum atomic E-state index is 13.3. The highest BCUT2D eigenvalue weighted by molar-refractivity contribution is 9.10. The molecule has 0 spiro atoms. The minimum Gasteiger partial charge on any atom is -0.390 e. The highest BCUT2D eigenvalue weighted by Crippen LogP contribution is 2.39. The van der Waals surface area contributed by atoms with Gasteiger partial charge in [-0.3, -0.25) is 0 Å². The van der Waals surface area contributed by atoms with Crippen LogP contribution >= 0.6 is 15.9 Å². The largest absolute Gasteiger partial charge is 0.390 e. The SMILES string of the molecule is OC1(Cc2ccc(Br)c(F)c2F)CC1. The summed E-state index contributed by atoms with van der Waals surface area (Å²) >= 11 is 2.90. The van der Waals surface area contributed by atoms with Crippen molar-refractivity contribution in [1.82, 2.24) is 0 Å². The van der Waals surface area contributed by atoms with Gasteiger partial charge in [0.25, 0.3) is 0 Å². The molecule has 0 unspecified atom stereocenters. The van der Waals surface area contributed by atoms with Crippen molar-refractivity contribution in [1.29, 1.82) is 0 Å². The highest BCUT2D eigenvalue weighted by atomic mass is 79.9. The van der Waals surface area contributed by atoms with Crippen LogP contribution < -0.4 is 0 Å². The van der Waals surface area contributed by atoms with Crippen LogP contribution in [0.2, 0.25) is 0 Å². The minimum absolute atomic E-state index is 0.113. The van der Waals surface area contributed by atoms with E-state index in [0.717, 1.165) is 0 Å². The van der Waals surface area contributed by atoms with Crippen molar-refractivity contribution >= 4 is 15.9 Å². The van der Waals surface area contributed by atoms with Gasteiger partial charge < -0.3 is 5.11 Å². The molecule has 1 aliphatic carbocycles. The van der Waals surface area contributed by atoms with Crippen LogP contribution in [0.3, 0.4) is 0 Å². The van der Waals surface area contributed by atoms with Crippen molar-refractivity contribution in [3.63, 3.8) is 0 Å². The summed E-state index contributed by atoms with van der Waals surface area (Å²) in [6.07, 6.45) is 1.54. The molecule has 0 saturated heterocycles. The van der Waals surface area contributed by atoms with E-state index < -0.39 is 17.2 Å². The van der Waals surface area contributed by atoms with Crippen molar-refractivity contribution in [3.05, 3.63) is 33.8 Å². The molecule has 0 amide bonds. The Morgan fingerprint density at radius 3 is 2.50 bits per heavy atom. The lowest BCUT2D eigenvalue weighted by molar-refractivity contribution is 0.149. The zero-order chi connectivity index (χ0) is 10.3. The molecule has 0 heterocycles. The van der Waals surface area contributed by atoms with Crippen LogP contribution in [0.5, 0.6) is 0 Å². The fraction of sp³-hybridized carbons (Fsp3) is 0.400. The number of aliphatic hydroxyl groups is 1. The molecule has 1 aromatic rings. The third-order valence-electron chi connectivity index (χ3n) is 2.46. The molecule has 1 aromatic carbocycles. The first kappa shape index (κ1) is 10.1. The summed E-state index contributed by atoms with van der Waals surface area (Å²) < 4.78 is 26.5. The van der Waals surface area contributed by atoms with Gasteiger partial charge in [-0.15, -0.1) is 0 Å². The molecule has 4 heteroatoms. The smallest absolute Gasteiger partial charge is 0.173 e. The van der Waals surface area contributed by atoms with Gasteiger partial charge in [0.1, 0.15) is 0 Å². The molecular formula is C10H9BrF2O. The van der Waals surface area contributed by atoms with Crippen LogP contribution in [-0.4, -0.2) is 10.7 Å². The van der Waals surface area contributed by atoms with E-state index in [4.69, 9.17) is 0 Å². The Bertz CT molecular complexity index is 375. The van der Waals surface area contributed by atoms with Gasteiger partial charge in [-0.1, -0.05) is 6.07 Å². The van der Waals surface area contributed by atoms with E-state index >= 15 is 0 Å². The summed E-state index contributed by atoms with van der Waals surface area (Å²) in [5.41, 5.74) is -0.549. The topological polar surface area (TPSA) is 20.2 Å². The van der Waals surface area contributed by atoms with Gasteiger partial charge in [0, 0.05) is 6.42 Å².